The molecule has 0 aromatic carbocycles. The first-order valence-corrected chi connectivity index (χ1v) is 0. The van der Waals surface area contributed by atoms with Crippen molar-refractivity contribution in [3.05, 3.63) is 0 Å². The van der Waals surface area contributed by atoms with Crippen LogP contribution in [0.15, 0.2) is 0 Å². The summed E-state index contributed by atoms with van der Waals surface area (Å²) >= 11 is 0. The topological polar surface area (TPSA) is 0 Å². The summed E-state index contributed by atoms with van der Waals surface area (Å²) in [5, 5.41) is 0. The first kappa shape index (κ1) is 25.0. The molecule has 4 heteroatoms. The molecule has 0 rings (SSSR count). The van der Waals surface area contributed by atoms with E-state index >= 15 is 0 Å². The molecule has 4 heavy (non-hydrogen) atoms. The van der Waals surface area contributed by atoms with Crippen molar-refractivity contribution in [2.45, 2.75) is 0 Å². The van der Waals surface area contributed by atoms with Gasteiger partial charge in [0.25, 0.3) is 0 Å². The van der Waals surface area contributed by atoms with E-state index in [2.05, 4.69) is 0 Å². The summed E-state index contributed by atoms with van der Waals surface area (Å²) in [6.45, 7) is 0. The SMILES string of the molecule is [Ce].[SnH2].[SnH2].[SnH2]. The third kappa shape index (κ3) is 9.24. The Bertz CT molecular complexity index is 3.25. The average molecular weight is 502 g/mol. The van der Waals surface area contributed by atoms with E-state index in [0.29, 0.717) is 0 Å². The zero-order chi connectivity index (χ0) is 0. The normalized spacial score (nSPS) is 0. The van der Waals surface area contributed by atoms with Crippen molar-refractivity contribution < 1.29 is 41.7 Å². The predicted molar refractivity (Wildman–Crippen MR) is 25.6 cm³/mol. The van der Waals surface area contributed by atoms with Crippen molar-refractivity contribution in [2.24, 2.45) is 0 Å². The molecule has 0 aromatic heterocycles. The molecule has 0 heterocycles. The van der Waals surface area contributed by atoms with Gasteiger partial charge in [-0.1, -0.05) is 0 Å². The minimum absolute atomic E-state index is 0. The summed E-state index contributed by atoms with van der Waals surface area (Å²) in [7, 11) is 0. The molecule has 0 aliphatic carbocycles. The Morgan fingerprint density at radius 1 is 0.500 bits per heavy atom. The summed E-state index contributed by atoms with van der Waals surface area (Å²) in [6.07, 6.45) is 0. The van der Waals surface area contributed by atoms with Gasteiger partial charge in [0.15, 0.2) is 0 Å². The van der Waals surface area contributed by atoms with Crippen molar-refractivity contribution in [1.29, 1.82) is 0 Å². The van der Waals surface area contributed by atoms with Crippen LogP contribution in [0.2, 0.25) is 0 Å². The van der Waals surface area contributed by atoms with Gasteiger partial charge in [0.2, 0.25) is 0 Å². The van der Waals surface area contributed by atoms with Crippen LogP contribution in [0.25, 0.3) is 0 Å². The van der Waals surface area contributed by atoms with Crippen LogP contribution in [0.1, 0.15) is 0 Å². The van der Waals surface area contributed by atoms with Crippen molar-refractivity contribution in [1.82, 2.24) is 0 Å². The molecule has 22 valence electrons. The van der Waals surface area contributed by atoms with Gasteiger partial charge in [0, 0.05) is 41.7 Å². The Morgan fingerprint density at radius 3 is 0.500 bits per heavy atom. The molecule has 0 spiro atoms. The maximum atomic E-state index is 0. The molecule has 0 bridgehead atoms. The summed E-state index contributed by atoms with van der Waals surface area (Å²) < 4.78 is 0. The second-order valence-electron chi connectivity index (χ2n) is 0. The maximum absolute atomic E-state index is 0. The number of hydrogen-bond donors (Lipinski definition) is 0. The van der Waals surface area contributed by atoms with Gasteiger partial charge in [0.1, 0.15) is 0 Å². The van der Waals surface area contributed by atoms with Crippen LogP contribution >= 0.6 is 0 Å². The van der Waals surface area contributed by atoms with E-state index < -0.39 is 0 Å². The zero-order valence-electron chi connectivity index (χ0n) is 2.62. The van der Waals surface area contributed by atoms with E-state index in [1.54, 1.807) is 0 Å². The zero-order valence-corrected chi connectivity index (χ0v) is 17.9. The molecule has 0 unspecified atom stereocenters. The van der Waals surface area contributed by atoms with Crippen LogP contribution in [-0.4, -0.2) is 71.7 Å². The van der Waals surface area contributed by atoms with Crippen LogP contribution in [0.5, 0.6) is 0 Å². The summed E-state index contributed by atoms with van der Waals surface area (Å²) in [6, 6.07) is 0. The molecule has 0 aliphatic rings. The van der Waals surface area contributed by atoms with Gasteiger partial charge in [-0.25, -0.2) is 0 Å². The molecule has 0 atom stereocenters. The van der Waals surface area contributed by atoms with E-state index in [-0.39, 0.29) is 113 Å². The molecule has 0 aliphatic heterocycles. The Kier molecular flexibility index (Phi) is 99.3. The second-order valence-corrected chi connectivity index (χ2v) is 0. The molecule has 0 fully saturated rings. The van der Waals surface area contributed by atoms with E-state index in [4.69, 9.17) is 0 Å². The van der Waals surface area contributed by atoms with Gasteiger partial charge >= 0.3 is 71.7 Å². The van der Waals surface area contributed by atoms with Crippen LogP contribution in [0.4, 0.5) is 0 Å². The number of rotatable bonds is 0. The van der Waals surface area contributed by atoms with Gasteiger partial charge in [-0.2, -0.15) is 0 Å². The van der Waals surface area contributed by atoms with Crippen LogP contribution in [-0.2, 0) is 0 Å². The Hall–Kier alpha value is 3.77. The first-order chi connectivity index (χ1) is 0. The Morgan fingerprint density at radius 2 is 0.500 bits per heavy atom. The predicted octanol–water partition coefficient (Wildman–Crippen LogP) is -2.75. The fraction of sp³-hybridized carbons (Fsp3) is 0. The first-order valence-electron chi connectivity index (χ1n) is 0. The minimum atomic E-state index is 0. The van der Waals surface area contributed by atoms with Gasteiger partial charge < -0.3 is 0 Å². The second kappa shape index (κ2) is 15.9. The molecule has 0 saturated heterocycles. The van der Waals surface area contributed by atoms with E-state index in [0.717, 1.165) is 0 Å². The van der Waals surface area contributed by atoms with E-state index in [1.807, 2.05) is 0 Å². The van der Waals surface area contributed by atoms with Crippen LogP contribution in [0, 0.1) is 41.7 Å². The third-order valence-corrected chi connectivity index (χ3v) is 0. The molecule has 0 saturated carbocycles. The molecular formula is H6CeSn3. The van der Waals surface area contributed by atoms with Crippen molar-refractivity contribution >= 4 is 71.7 Å². The quantitative estimate of drug-likeness (QED) is 0.316. The van der Waals surface area contributed by atoms with E-state index in [1.165, 1.54) is 0 Å². The summed E-state index contributed by atoms with van der Waals surface area (Å²) in [4.78, 5) is 0. The van der Waals surface area contributed by atoms with E-state index in [9.17, 15) is 0 Å². The molecule has 6 radical (unpaired) electrons. The summed E-state index contributed by atoms with van der Waals surface area (Å²) in [5.41, 5.74) is 0. The average Bonchev–Trinajstić information content (AvgIpc) is 0. The van der Waals surface area contributed by atoms with Crippen molar-refractivity contribution in [3.63, 3.8) is 0 Å². The molecule has 0 amide bonds. The molecular weight excluding hydrogens is 496 g/mol. The third-order valence-electron chi connectivity index (χ3n) is 0. The molecule has 0 aromatic rings. The fourth-order valence-electron chi connectivity index (χ4n) is 0. The van der Waals surface area contributed by atoms with Gasteiger partial charge in [-0.05, 0) is 0 Å². The Labute approximate surface area is 110 Å². The van der Waals surface area contributed by atoms with Crippen LogP contribution in [0.3, 0.4) is 0 Å². The fourth-order valence-corrected chi connectivity index (χ4v) is 0. The van der Waals surface area contributed by atoms with Gasteiger partial charge in [0.05, 0.1) is 0 Å². The molecule has 0 N–H and O–H groups in total. The van der Waals surface area contributed by atoms with Gasteiger partial charge in [-0.3, -0.25) is 0 Å². The van der Waals surface area contributed by atoms with Gasteiger partial charge in [-0.15, -0.1) is 0 Å². The monoisotopic (exact) mass is 506 g/mol. The number of hydrogen-bond acceptors (Lipinski definition) is 0. The standard InChI is InChI=1S/Ce.3Sn.6H. The summed E-state index contributed by atoms with van der Waals surface area (Å²) in [5.74, 6) is 0. The van der Waals surface area contributed by atoms with Crippen LogP contribution < -0.4 is 0 Å². The van der Waals surface area contributed by atoms with Crippen molar-refractivity contribution in [3.8, 4) is 0 Å². The Balaban J connectivity index is 0. The molecule has 0 nitrogen and oxygen atoms in total. The van der Waals surface area contributed by atoms with Crippen molar-refractivity contribution in [2.75, 3.05) is 0 Å².